The van der Waals surface area contributed by atoms with Crippen LogP contribution in [0.4, 0.5) is 0 Å². The molecule has 0 aliphatic heterocycles. The number of carbonyl (C=O) groups excluding carboxylic acids is 1. The molecule has 0 aromatic rings. The molecule has 0 radical (unpaired) electrons. The van der Waals surface area contributed by atoms with Gasteiger partial charge in [0.05, 0.1) is 18.8 Å². The fourth-order valence-electron chi connectivity index (χ4n) is 7.64. The monoisotopic (exact) mass is 814 g/mol. The van der Waals surface area contributed by atoms with Crippen LogP contribution in [0.1, 0.15) is 258 Å². The molecule has 4 N–H and O–H groups in total. The minimum Gasteiger partial charge on any atom is -0.394 e. The van der Waals surface area contributed by atoms with Crippen molar-refractivity contribution >= 4 is 5.91 Å². The second-order valence-electron chi connectivity index (χ2n) is 17.4. The van der Waals surface area contributed by atoms with E-state index in [1.165, 1.54) is 193 Å². The normalized spacial score (nSPS) is 13.8. The predicted octanol–water partition coefficient (Wildman–Crippen LogP) is 15.3. The molecule has 0 heterocycles. The van der Waals surface area contributed by atoms with Crippen molar-refractivity contribution in [2.45, 2.75) is 276 Å². The molecule has 0 aliphatic rings. The highest BCUT2D eigenvalue weighted by molar-refractivity contribution is 5.80. The van der Waals surface area contributed by atoms with Crippen LogP contribution in [0.3, 0.4) is 0 Å². The molecule has 0 aliphatic carbocycles. The molecule has 0 bridgehead atoms. The average Bonchev–Trinajstić information content (AvgIpc) is 3.23. The number of aliphatic hydroxyl groups excluding tert-OH is 3. The number of unbranched alkanes of at least 4 members (excludes halogenated alkanes) is 32. The number of nitrogens with one attached hydrogen (secondary N) is 1. The van der Waals surface area contributed by atoms with Gasteiger partial charge in [0, 0.05) is 0 Å². The third-order valence-electron chi connectivity index (χ3n) is 11.6. The summed E-state index contributed by atoms with van der Waals surface area (Å²) in [5, 5.41) is 33.1. The number of rotatable bonds is 46. The van der Waals surface area contributed by atoms with Crippen LogP contribution in [0, 0.1) is 0 Å². The fourth-order valence-corrected chi connectivity index (χ4v) is 7.64. The van der Waals surface area contributed by atoms with Crippen LogP contribution >= 0.6 is 0 Å². The van der Waals surface area contributed by atoms with Gasteiger partial charge in [-0.05, 0) is 64.2 Å². The SMILES string of the molecule is CCCCCCCC/C=C/CC/C=C/C(O)C(CO)NC(=O)C(O)CCCCCCCCCCCCCCCCCC/C=C\C/C=C\CCCCCCCCCCC. The third kappa shape index (κ3) is 42.4. The Morgan fingerprint density at radius 1 is 0.431 bits per heavy atom. The Hall–Kier alpha value is -1.69. The van der Waals surface area contributed by atoms with Crippen LogP contribution in [0.25, 0.3) is 0 Å². The summed E-state index contributed by atoms with van der Waals surface area (Å²) in [6.07, 6.45) is 63.3. The zero-order valence-electron chi connectivity index (χ0n) is 38.7. The molecule has 0 rings (SSSR count). The minimum atomic E-state index is -1.11. The highest BCUT2D eigenvalue weighted by atomic mass is 16.3. The molecule has 0 aromatic carbocycles. The van der Waals surface area contributed by atoms with E-state index in [4.69, 9.17) is 0 Å². The van der Waals surface area contributed by atoms with Crippen molar-refractivity contribution in [3.05, 3.63) is 48.6 Å². The van der Waals surface area contributed by atoms with Gasteiger partial charge in [0.2, 0.25) is 5.91 Å². The van der Waals surface area contributed by atoms with Crippen LogP contribution in [0.2, 0.25) is 0 Å². The molecule has 3 unspecified atom stereocenters. The van der Waals surface area contributed by atoms with Crippen LogP contribution in [-0.2, 0) is 4.79 Å². The third-order valence-corrected chi connectivity index (χ3v) is 11.6. The Labute approximate surface area is 361 Å². The fraction of sp³-hybridized carbons (Fsp3) is 0.830. The summed E-state index contributed by atoms with van der Waals surface area (Å²) >= 11 is 0. The zero-order chi connectivity index (χ0) is 42.3. The first-order valence-corrected chi connectivity index (χ1v) is 25.5. The maximum absolute atomic E-state index is 12.5. The van der Waals surface area contributed by atoms with Crippen molar-refractivity contribution < 1.29 is 20.1 Å². The van der Waals surface area contributed by atoms with E-state index in [9.17, 15) is 20.1 Å². The molecule has 1 amide bonds. The second kappa shape index (κ2) is 48.0. The molecule has 5 heteroatoms. The summed E-state index contributed by atoms with van der Waals surface area (Å²) in [6, 6.07) is -0.814. The summed E-state index contributed by atoms with van der Waals surface area (Å²) < 4.78 is 0. The lowest BCUT2D eigenvalue weighted by Gasteiger charge is -2.21. The average molecular weight is 814 g/mol. The van der Waals surface area contributed by atoms with E-state index in [1.807, 2.05) is 6.08 Å². The first kappa shape index (κ1) is 56.3. The summed E-state index contributed by atoms with van der Waals surface area (Å²) in [6.45, 7) is 4.16. The molecule has 0 saturated carbocycles. The Balaban J connectivity index is 3.55. The standard InChI is InChI=1S/C53H99NO4/c1-3-5-7-9-11-13-15-17-18-19-20-21-22-23-24-25-26-27-28-29-30-31-32-33-34-35-36-38-40-42-44-46-48-52(57)53(58)54-50(49-55)51(56)47-45-43-41-39-37-16-14-12-10-8-6-4-2/h20-21,23-24,37,39,45,47,50-52,55-57H,3-19,22,25-36,38,40-44,46,48-49H2,1-2H3,(H,54,58)/b21-20-,24-23-,39-37+,47-45+. The summed E-state index contributed by atoms with van der Waals surface area (Å²) in [5.41, 5.74) is 0. The van der Waals surface area contributed by atoms with Gasteiger partial charge in [-0.15, -0.1) is 0 Å². The Morgan fingerprint density at radius 3 is 1.16 bits per heavy atom. The van der Waals surface area contributed by atoms with Crippen molar-refractivity contribution in [3.8, 4) is 0 Å². The Morgan fingerprint density at radius 2 is 0.759 bits per heavy atom. The quantitative estimate of drug-likeness (QED) is 0.0364. The second-order valence-corrected chi connectivity index (χ2v) is 17.4. The van der Waals surface area contributed by atoms with Gasteiger partial charge in [0.25, 0.3) is 0 Å². The Bertz CT molecular complexity index is 943. The number of hydrogen-bond acceptors (Lipinski definition) is 4. The van der Waals surface area contributed by atoms with Gasteiger partial charge in [0.15, 0.2) is 0 Å². The van der Waals surface area contributed by atoms with E-state index < -0.39 is 24.2 Å². The maximum atomic E-state index is 12.5. The van der Waals surface area contributed by atoms with Gasteiger partial charge in [-0.1, -0.05) is 242 Å². The smallest absolute Gasteiger partial charge is 0.249 e. The number of amides is 1. The predicted molar refractivity (Wildman–Crippen MR) is 254 cm³/mol. The van der Waals surface area contributed by atoms with E-state index in [0.717, 1.165) is 44.9 Å². The van der Waals surface area contributed by atoms with Crippen molar-refractivity contribution in [1.82, 2.24) is 5.32 Å². The topological polar surface area (TPSA) is 89.8 Å². The summed E-state index contributed by atoms with van der Waals surface area (Å²) in [5.74, 6) is -0.513. The lowest BCUT2D eigenvalue weighted by Crippen LogP contribution is -2.48. The van der Waals surface area contributed by atoms with Crippen molar-refractivity contribution in [2.75, 3.05) is 6.61 Å². The Kier molecular flexibility index (Phi) is 46.6. The summed E-state index contributed by atoms with van der Waals surface area (Å²) in [4.78, 5) is 12.5. The highest BCUT2D eigenvalue weighted by Crippen LogP contribution is 2.16. The largest absolute Gasteiger partial charge is 0.394 e. The highest BCUT2D eigenvalue weighted by Gasteiger charge is 2.22. The van der Waals surface area contributed by atoms with Crippen molar-refractivity contribution in [1.29, 1.82) is 0 Å². The molecule has 58 heavy (non-hydrogen) atoms. The van der Waals surface area contributed by atoms with Crippen LogP contribution in [0.5, 0.6) is 0 Å². The lowest BCUT2D eigenvalue weighted by atomic mass is 10.0. The van der Waals surface area contributed by atoms with E-state index in [1.54, 1.807) is 6.08 Å². The lowest BCUT2D eigenvalue weighted by molar-refractivity contribution is -0.131. The van der Waals surface area contributed by atoms with Crippen molar-refractivity contribution in [2.24, 2.45) is 0 Å². The van der Waals surface area contributed by atoms with Gasteiger partial charge in [-0.25, -0.2) is 0 Å². The van der Waals surface area contributed by atoms with Crippen LogP contribution in [0.15, 0.2) is 48.6 Å². The minimum absolute atomic E-state index is 0.376. The van der Waals surface area contributed by atoms with Crippen LogP contribution in [-0.4, -0.2) is 46.1 Å². The molecule has 5 nitrogen and oxygen atoms in total. The zero-order valence-corrected chi connectivity index (χ0v) is 38.7. The first-order valence-electron chi connectivity index (χ1n) is 25.5. The molecule has 340 valence electrons. The van der Waals surface area contributed by atoms with Gasteiger partial charge in [0.1, 0.15) is 6.10 Å². The molecule has 0 fully saturated rings. The number of allylic oxidation sites excluding steroid dienone is 7. The van der Waals surface area contributed by atoms with E-state index in [2.05, 4.69) is 55.6 Å². The van der Waals surface area contributed by atoms with Crippen LogP contribution < -0.4 is 5.32 Å². The first-order chi connectivity index (χ1) is 28.6. The van der Waals surface area contributed by atoms with E-state index in [0.29, 0.717) is 6.42 Å². The molecule has 3 atom stereocenters. The summed E-state index contributed by atoms with van der Waals surface area (Å²) in [7, 11) is 0. The van der Waals surface area contributed by atoms with E-state index >= 15 is 0 Å². The molecular weight excluding hydrogens is 715 g/mol. The number of hydrogen-bond donors (Lipinski definition) is 4. The maximum Gasteiger partial charge on any atom is 0.249 e. The van der Waals surface area contributed by atoms with Gasteiger partial charge < -0.3 is 20.6 Å². The van der Waals surface area contributed by atoms with Gasteiger partial charge in [-0.2, -0.15) is 0 Å². The molecule has 0 aromatic heterocycles. The molecular formula is C53H99NO4. The van der Waals surface area contributed by atoms with Gasteiger partial charge >= 0.3 is 0 Å². The molecule has 0 spiro atoms. The number of carbonyl (C=O) groups is 1. The van der Waals surface area contributed by atoms with E-state index in [-0.39, 0.29) is 6.61 Å². The van der Waals surface area contributed by atoms with Gasteiger partial charge in [-0.3, -0.25) is 4.79 Å². The van der Waals surface area contributed by atoms with Crippen molar-refractivity contribution in [3.63, 3.8) is 0 Å². The molecule has 0 saturated heterocycles. The number of aliphatic hydroxyl groups is 3.